The van der Waals surface area contributed by atoms with Gasteiger partial charge < -0.3 is 19.6 Å². The van der Waals surface area contributed by atoms with Crippen LogP contribution in [0.15, 0.2) is 47.0 Å². The Morgan fingerprint density at radius 2 is 1.93 bits per heavy atom. The van der Waals surface area contributed by atoms with Crippen LogP contribution in [0.3, 0.4) is 0 Å². The molecule has 2 heterocycles. The second-order valence-corrected chi connectivity index (χ2v) is 7.27. The molecule has 28 heavy (non-hydrogen) atoms. The number of nitrogens with one attached hydrogen (secondary N) is 1. The number of aromatic nitrogens is 1. The first-order chi connectivity index (χ1) is 13.6. The molecule has 6 heteroatoms. The van der Waals surface area contributed by atoms with Crippen molar-refractivity contribution in [3.63, 3.8) is 0 Å². The van der Waals surface area contributed by atoms with Crippen molar-refractivity contribution >= 4 is 28.3 Å². The van der Waals surface area contributed by atoms with Gasteiger partial charge in [-0.2, -0.15) is 0 Å². The molecule has 4 rings (SSSR count). The molecule has 1 aliphatic rings. The first-order valence-electron chi connectivity index (χ1n) is 9.85. The summed E-state index contributed by atoms with van der Waals surface area (Å²) in [6, 6.07) is 13.8. The summed E-state index contributed by atoms with van der Waals surface area (Å²) in [5.41, 5.74) is 4.49. The number of anilines is 2. The Kier molecular flexibility index (Phi) is 5.30. The van der Waals surface area contributed by atoms with Gasteiger partial charge in [0.2, 0.25) is 5.91 Å². The molecule has 0 spiro atoms. The summed E-state index contributed by atoms with van der Waals surface area (Å²) >= 11 is 0. The predicted molar refractivity (Wildman–Crippen MR) is 112 cm³/mol. The number of para-hydroxylation sites is 1. The van der Waals surface area contributed by atoms with Crippen molar-refractivity contribution in [1.82, 2.24) is 10.1 Å². The van der Waals surface area contributed by atoms with E-state index in [1.807, 2.05) is 37.3 Å². The molecule has 2 aromatic carbocycles. The van der Waals surface area contributed by atoms with Gasteiger partial charge in [0.05, 0.1) is 6.42 Å². The average Bonchev–Trinajstić information content (AvgIpc) is 3.12. The number of rotatable bonds is 5. The molecule has 0 unspecified atom stereocenters. The number of fused-ring (bicyclic) bond motifs is 1. The molecular formula is C22H26N4O2. The summed E-state index contributed by atoms with van der Waals surface area (Å²) in [5.74, 6) is -0.0912. The van der Waals surface area contributed by atoms with Crippen molar-refractivity contribution in [3.05, 3.63) is 53.7 Å². The quantitative estimate of drug-likeness (QED) is 0.737. The number of hydrogen-bond donors (Lipinski definition) is 1. The van der Waals surface area contributed by atoms with Crippen LogP contribution in [0.25, 0.3) is 11.0 Å². The lowest BCUT2D eigenvalue weighted by molar-refractivity contribution is -0.115. The third-order valence-corrected chi connectivity index (χ3v) is 5.45. The third-order valence-electron chi connectivity index (χ3n) is 5.45. The number of carbonyl (C=O) groups is 1. The van der Waals surface area contributed by atoms with Crippen LogP contribution in [-0.4, -0.2) is 48.7 Å². The van der Waals surface area contributed by atoms with Crippen molar-refractivity contribution < 1.29 is 9.32 Å². The maximum atomic E-state index is 12.5. The Morgan fingerprint density at radius 1 is 1.14 bits per heavy atom. The van der Waals surface area contributed by atoms with E-state index in [9.17, 15) is 4.79 Å². The standard InChI is InChI=1S/C22H26N4O2/c1-3-25-10-12-26(13-11-25)17-8-9-19(16(2)14-17)23-22(27)15-20-18-6-4-5-7-21(18)28-24-20/h4-9,14H,3,10-13,15H2,1-2H3,(H,23,27). The largest absolute Gasteiger partial charge is 0.369 e. The van der Waals surface area contributed by atoms with Gasteiger partial charge in [-0.1, -0.05) is 24.2 Å². The maximum absolute atomic E-state index is 12.5. The van der Waals surface area contributed by atoms with Crippen LogP contribution in [0.4, 0.5) is 11.4 Å². The first-order valence-corrected chi connectivity index (χ1v) is 9.85. The van der Waals surface area contributed by atoms with Gasteiger partial charge in [-0.25, -0.2) is 0 Å². The van der Waals surface area contributed by atoms with E-state index in [0.29, 0.717) is 11.3 Å². The normalized spacial score (nSPS) is 15.1. The van der Waals surface area contributed by atoms with Gasteiger partial charge in [-0.15, -0.1) is 0 Å². The lowest BCUT2D eigenvalue weighted by Gasteiger charge is -2.35. The molecule has 1 fully saturated rings. The molecule has 0 atom stereocenters. The minimum atomic E-state index is -0.0912. The summed E-state index contributed by atoms with van der Waals surface area (Å²) in [5, 5.41) is 7.94. The first kappa shape index (κ1) is 18.5. The van der Waals surface area contributed by atoms with Crippen molar-refractivity contribution in [2.45, 2.75) is 20.3 Å². The second-order valence-electron chi connectivity index (χ2n) is 7.27. The Balaban J connectivity index is 1.41. The van der Waals surface area contributed by atoms with E-state index in [1.54, 1.807) is 0 Å². The molecular weight excluding hydrogens is 352 g/mol. The van der Waals surface area contributed by atoms with E-state index in [0.717, 1.165) is 49.4 Å². The second kappa shape index (κ2) is 8.02. The number of aryl methyl sites for hydroxylation is 1. The highest BCUT2D eigenvalue weighted by Crippen LogP contribution is 2.24. The predicted octanol–water partition coefficient (Wildman–Crippen LogP) is 3.46. The van der Waals surface area contributed by atoms with Crippen molar-refractivity contribution in [2.75, 3.05) is 42.9 Å². The average molecular weight is 378 g/mol. The van der Waals surface area contributed by atoms with Gasteiger partial charge in [-0.05, 0) is 49.4 Å². The van der Waals surface area contributed by atoms with Gasteiger partial charge >= 0.3 is 0 Å². The molecule has 3 aromatic rings. The highest BCUT2D eigenvalue weighted by Gasteiger charge is 2.17. The molecule has 0 radical (unpaired) electrons. The van der Waals surface area contributed by atoms with E-state index < -0.39 is 0 Å². The number of hydrogen-bond acceptors (Lipinski definition) is 5. The number of amides is 1. The summed E-state index contributed by atoms with van der Waals surface area (Å²) in [6.07, 6.45) is 0.192. The molecule has 0 saturated carbocycles. The van der Waals surface area contributed by atoms with E-state index in [2.05, 4.69) is 39.3 Å². The highest BCUT2D eigenvalue weighted by atomic mass is 16.5. The van der Waals surface area contributed by atoms with Crippen LogP contribution in [0, 0.1) is 6.92 Å². The fourth-order valence-corrected chi connectivity index (χ4v) is 3.72. The number of carbonyl (C=O) groups excluding carboxylic acids is 1. The van der Waals surface area contributed by atoms with Crippen LogP contribution in [0.1, 0.15) is 18.2 Å². The van der Waals surface area contributed by atoms with Crippen molar-refractivity contribution in [2.24, 2.45) is 0 Å². The number of benzene rings is 2. The summed E-state index contributed by atoms with van der Waals surface area (Å²) in [6.45, 7) is 9.63. The van der Waals surface area contributed by atoms with Gasteiger partial charge in [0, 0.05) is 42.9 Å². The molecule has 1 amide bonds. The molecule has 6 nitrogen and oxygen atoms in total. The Hall–Kier alpha value is -2.86. The monoisotopic (exact) mass is 378 g/mol. The molecule has 0 bridgehead atoms. The molecule has 1 N–H and O–H groups in total. The Morgan fingerprint density at radius 3 is 2.68 bits per heavy atom. The van der Waals surface area contributed by atoms with Crippen LogP contribution in [0.2, 0.25) is 0 Å². The van der Waals surface area contributed by atoms with E-state index in [1.165, 1.54) is 5.69 Å². The zero-order valence-electron chi connectivity index (χ0n) is 16.4. The number of nitrogens with zero attached hydrogens (tertiary/aromatic N) is 3. The van der Waals surface area contributed by atoms with Crippen LogP contribution >= 0.6 is 0 Å². The SMILES string of the molecule is CCN1CCN(c2ccc(NC(=O)Cc3noc4ccccc34)c(C)c2)CC1. The smallest absolute Gasteiger partial charge is 0.230 e. The molecule has 1 aromatic heterocycles. The van der Waals surface area contributed by atoms with Gasteiger partial charge in [0.25, 0.3) is 0 Å². The third kappa shape index (κ3) is 3.87. The summed E-state index contributed by atoms with van der Waals surface area (Å²) in [7, 11) is 0. The number of piperazine rings is 1. The number of likely N-dealkylation sites (N-methyl/N-ethyl adjacent to an activating group) is 1. The van der Waals surface area contributed by atoms with E-state index >= 15 is 0 Å². The maximum Gasteiger partial charge on any atom is 0.230 e. The summed E-state index contributed by atoms with van der Waals surface area (Å²) < 4.78 is 5.28. The van der Waals surface area contributed by atoms with Crippen molar-refractivity contribution in [1.29, 1.82) is 0 Å². The van der Waals surface area contributed by atoms with E-state index in [4.69, 9.17) is 4.52 Å². The van der Waals surface area contributed by atoms with E-state index in [-0.39, 0.29) is 12.3 Å². The molecule has 1 saturated heterocycles. The minimum Gasteiger partial charge on any atom is -0.369 e. The zero-order chi connectivity index (χ0) is 19.5. The fourth-order valence-electron chi connectivity index (χ4n) is 3.72. The fraction of sp³-hybridized carbons (Fsp3) is 0.364. The van der Waals surface area contributed by atoms with Crippen LogP contribution in [0.5, 0.6) is 0 Å². The zero-order valence-corrected chi connectivity index (χ0v) is 16.4. The Labute approximate surface area is 165 Å². The molecule has 1 aliphatic heterocycles. The minimum absolute atomic E-state index is 0.0912. The van der Waals surface area contributed by atoms with Gasteiger partial charge in [0.15, 0.2) is 5.58 Å². The van der Waals surface area contributed by atoms with Gasteiger partial charge in [-0.3, -0.25) is 4.79 Å². The summed E-state index contributed by atoms with van der Waals surface area (Å²) in [4.78, 5) is 17.4. The topological polar surface area (TPSA) is 61.6 Å². The highest BCUT2D eigenvalue weighted by molar-refractivity contribution is 5.95. The van der Waals surface area contributed by atoms with Crippen LogP contribution < -0.4 is 10.2 Å². The lowest BCUT2D eigenvalue weighted by Crippen LogP contribution is -2.46. The lowest BCUT2D eigenvalue weighted by atomic mass is 10.1. The van der Waals surface area contributed by atoms with Crippen LogP contribution in [-0.2, 0) is 11.2 Å². The molecule has 146 valence electrons. The van der Waals surface area contributed by atoms with Gasteiger partial charge in [0.1, 0.15) is 5.69 Å². The molecule has 0 aliphatic carbocycles. The van der Waals surface area contributed by atoms with Crippen molar-refractivity contribution in [3.8, 4) is 0 Å². The Bertz CT molecular complexity index is 974.